The number of carbonyl (C=O) groups excluding carboxylic acids is 1. The van der Waals surface area contributed by atoms with Crippen molar-refractivity contribution in [2.75, 3.05) is 25.5 Å². The van der Waals surface area contributed by atoms with Gasteiger partial charge >= 0.3 is 0 Å². The fourth-order valence-electron chi connectivity index (χ4n) is 4.62. The molecule has 0 unspecified atom stereocenters. The summed E-state index contributed by atoms with van der Waals surface area (Å²) in [5.41, 5.74) is 5.20. The van der Waals surface area contributed by atoms with Gasteiger partial charge in [-0.3, -0.25) is 9.69 Å². The Labute approximate surface area is 195 Å². The summed E-state index contributed by atoms with van der Waals surface area (Å²) in [5, 5.41) is 10.0. The van der Waals surface area contributed by atoms with Crippen molar-refractivity contribution in [3.05, 3.63) is 58.5 Å². The maximum Gasteiger partial charge on any atom is 0.244 e. The molecule has 0 saturated carbocycles. The third-order valence-electron chi connectivity index (χ3n) is 6.52. The Hall–Kier alpha value is -3.17. The van der Waals surface area contributed by atoms with Gasteiger partial charge in [0.25, 0.3) is 0 Å². The van der Waals surface area contributed by atoms with E-state index in [0.717, 1.165) is 29.7 Å². The number of fused-ring (bicyclic) bond motifs is 1. The van der Waals surface area contributed by atoms with Crippen LogP contribution in [0.3, 0.4) is 0 Å². The van der Waals surface area contributed by atoms with E-state index in [1.54, 1.807) is 0 Å². The van der Waals surface area contributed by atoms with E-state index in [4.69, 9.17) is 9.40 Å². The van der Waals surface area contributed by atoms with Crippen LogP contribution in [-0.2, 0) is 23.1 Å². The van der Waals surface area contributed by atoms with Crippen molar-refractivity contribution in [1.82, 2.24) is 9.88 Å². The van der Waals surface area contributed by atoms with Crippen LogP contribution < -0.4 is 4.90 Å². The number of nitrogens with zero attached hydrogens (tertiary/aromatic N) is 4. The minimum absolute atomic E-state index is 0.0695. The lowest BCUT2D eigenvalue weighted by molar-refractivity contribution is -0.120. The molecule has 0 bridgehead atoms. The van der Waals surface area contributed by atoms with E-state index >= 15 is 0 Å². The van der Waals surface area contributed by atoms with Crippen LogP contribution in [0.4, 0.5) is 5.69 Å². The number of hydrogen-bond acceptors (Lipinski definition) is 5. The van der Waals surface area contributed by atoms with E-state index in [2.05, 4.69) is 18.2 Å². The van der Waals surface area contributed by atoms with Crippen molar-refractivity contribution in [2.45, 2.75) is 58.4 Å². The molecule has 1 aliphatic heterocycles. The number of rotatable bonds is 5. The summed E-state index contributed by atoms with van der Waals surface area (Å²) in [4.78, 5) is 22.0. The molecule has 6 heteroatoms. The SMILES string of the molecule is Cc1c(CCc2ccccc2)c(N2CC[C@H](N(C)C)C2=O)c2oc(C(C)(C)C)nc2c1C#N. The van der Waals surface area contributed by atoms with E-state index < -0.39 is 0 Å². The van der Waals surface area contributed by atoms with Crippen molar-refractivity contribution in [3.8, 4) is 6.07 Å². The maximum atomic E-state index is 13.4. The van der Waals surface area contributed by atoms with Crippen molar-refractivity contribution in [3.63, 3.8) is 0 Å². The third kappa shape index (κ3) is 4.14. The quantitative estimate of drug-likeness (QED) is 0.567. The molecule has 0 N–H and O–H groups in total. The van der Waals surface area contributed by atoms with Gasteiger partial charge in [-0.25, -0.2) is 4.98 Å². The fraction of sp³-hybridized carbons (Fsp3) is 0.444. The molecule has 1 saturated heterocycles. The van der Waals surface area contributed by atoms with E-state index in [0.29, 0.717) is 35.5 Å². The van der Waals surface area contributed by atoms with Gasteiger partial charge in [-0.05, 0) is 57.0 Å². The Balaban J connectivity index is 1.94. The summed E-state index contributed by atoms with van der Waals surface area (Å²) in [6.45, 7) is 8.70. The molecule has 0 aliphatic carbocycles. The van der Waals surface area contributed by atoms with E-state index in [1.165, 1.54) is 5.56 Å². The second-order valence-electron chi connectivity index (χ2n) is 10.1. The van der Waals surface area contributed by atoms with Crippen LogP contribution in [0.15, 0.2) is 34.7 Å². The predicted octanol–water partition coefficient (Wildman–Crippen LogP) is 4.76. The van der Waals surface area contributed by atoms with Crippen molar-refractivity contribution >= 4 is 22.7 Å². The van der Waals surface area contributed by atoms with Gasteiger partial charge in [0.15, 0.2) is 5.58 Å². The molecule has 1 atom stereocenters. The van der Waals surface area contributed by atoms with Gasteiger partial charge in [-0.1, -0.05) is 51.1 Å². The minimum Gasteiger partial charge on any atom is -0.438 e. The first kappa shape index (κ1) is 23.0. The van der Waals surface area contributed by atoms with Gasteiger partial charge in [0.05, 0.1) is 17.3 Å². The summed E-state index contributed by atoms with van der Waals surface area (Å²) in [7, 11) is 3.88. The lowest BCUT2D eigenvalue weighted by Crippen LogP contribution is -2.38. The second kappa shape index (κ2) is 8.64. The molecule has 1 fully saturated rings. The zero-order chi connectivity index (χ0) is 23.9. The molecule has 2 aromatic carbocycles. The minimum atomic E-state index is -0.317. The van der Waals surface area contributed by atoms with Crippen molar-refractivity contribution in [2.24, 2.45) is 0 Å². The van der Waals surface area contributed by atoms with Gasteiger partial charge in [0, 0.05) is 12.0 Å². The molecule has 2 heterocycles. The van der Waals surface area contributed by atoms with Crippen molar-refractivity contribution < 1.29 is 9.21 Å². The lowest BCUT2D eigenvalue weighted by Gasteiger charge is -2.24. The van der Waals surface area contributed by atoms with Crippen LogP contribution in [0, 0.1) is 18.3 Å². The number of nitriles is 1. The van der Waals surface area contributed by atoms with Gasteiger partial charge in [0.1, 0.15) is 11.6 Å². The van der Waals surface area contributed by atoms with Crippen molar-refractivity contribution in [1.29, 1.82) is 5.26 Å². The highest BCUT2D eigenvalue weighted by atomic mass is 16.4. The van der Waals surface area contributed by atoms with Crippen LogP contribution in [0.1, 0.15) is 55.3 Å². The monoisotopic (exact) mass is 444 g/mol. The largest absolute Gasteiger partial charge is 0.438 e. The summed E-state index contributed by atoms with van der Waals surface area (Å²) in [5.74, 6) is 0.644. The molecule has 33 heavy (non-hydrogen) atoms. The molecule has 3 aromatic rings. The molecular formula is C27H32N4O2. The first-order valence-corrected chi connectivity index (χ1v) is 11.5. The predicted molar refractivity (Wildman–Crippen MR) is 130 cm³/mol. The topological polar surface area (TPSA) is 73.4 Å². The summed E-state index contributed by atoms with van der Waals surface area (Å²) < 4.78 is 6.34. The number of aryl methyl sites for hydroxylation is 1. The van der Waals surface area contributed by atoms with E-state index in [9.17, 15) is 10.1 Å². The maximum absolute atomic E-state index is 13.4. The Morgan fingerprint density at radius 1 is 1.21 bits per heavy atom. The molecule has 0 spiro atoms. The molecule has 4 rings (SSSR count). The molecule has 6 nitrogen and oxygen atoms in total. The molecule has 1 aliphatic rings. The van der Waals surface area contributed by atoms with Gasteiger partial charge in [0.2, 0.25) is 11.8 Å². The number of carbonyl (C=O) groups is 1. The number of benzene rings is 2. The fourth-order valence-corrected chi connectivity index (χ4v) is 4.62. The van der Waals surface area contributed by atoms with Gasteiger partial charge in [-0.15, -0.1) is 0 Å². The number of hydrogen-bond donors (Lipinski definition) is 0. The number of amides is 1. The van der Waals surface area contributed by atoms with E-state index in [1.807, 2.05) is 69.8 Å². The Bertz CT molecular complexity index is 1230. The highest BCUT2D eigenvalue weighted by Gasteiger charge is 2.38. The van der Waals surface area contributed by atoms with Gasteiger partial charge in [-0.2, -0.15) is 5.26 Å². The van der Waals surface area contributed by atoms with Gasteiger partial charge < -0.3 is 9.32 Å². The molecular weight excluding hydrogens is 412 g/mol. The number of oxazole rings is 1. The van der Waals surface area contributed by atoms with Crippen LogP contribution in [0.5, 0.6) is 0 Å². The number of aromatic nitrogens is 1. The van der Waals surface area contributed by atoms with Crippen LogP contribution in [0.2, 0.25) is 0 Å². The highest BCUT2D eigenvalue weighted by Crippen LogP contribution is 2.41. The average Bonchev–Trinajstić information content (AvgIpc) is 3.37. The number of anilines is 1. The normalized spacial score (nSPS) is 16.7. The second-order valence-corrected chi connectivity index (χ2v) is 10.1. The zero-order valence-corrected chi connectivity index (χ0v) is 20.4. The lowest BCUT2D eigenvalue weighted by atomic mass is 9.93. The Morgan fingerprint density at radius 3 is 2.48 bits per heavy atom. The molecule has 0 radical (unpaired) electrons. The first-order chi connectivity index (χ1) is 15.6. The first-order valence-electron chi connectivity index (χ1n) is 11.5. The Morgan fingerprint density at radius 2 is 1.91 bits per heavy atom. The average molecular weight is 445 g/mol. The molecule has 172 valence electrons. The summed E-state index contributed by atoms with van der Waals surface area (Å²) in [6, 6.07) is 12.5. The van der Waals surface area contributed by atoms with Crippen LogP contribution >= 0.6 is 0 Å². The van der Waals surface area contributed by atoms with Crippen LogP contribution in [0.25, 0.3) is 11.1 Å². The standard InChI is InChI=1S/C27H32N4O2/c1-17-19(13-12-18-10-8-7-9-11-18)23(31-15-14-21(25(31)32)30(5)6)24-22(20(17)16-28)29-26(33-24)27(2,3)4/h7-11,21H,12-15H2,1-6H3/t21-/m0/s1. The zero-order valence-electron chi connectivity index (χ0n) is 20.4. The summed E-state index contributed by atoms with van der Waals surface area (Å²) >= 11 is 0. The molecule has 1 amide bonds. The van der Waals surface area contributed by atoms with E-state index in [-0.39, 0.29) is 17.4 Å². The van der Waals surface area contributed by atoms with Crippen LogP contribution in [-0.4, -0.2) is 42.5 Å². The number of likely N-dealkylation sites (N-methyl/N-ethyl adjacent to an activating group) is 1. The smallest absolute Gasteiger partial charge is 0.244 e. The summed E-state index contributed by atoms with van der Waals surface area (Å²) in [6.07, 6.45) is 2.27. The molecule has 1 aromatic heterocycles. The Kier molecular flexibility index (Phi) is 6.02. The third-order valence-corrected chi connectivity index (χ3v) is 6.52. The highest BCUT2D eigenvalue weighted by molar-refractivity contribution is 6.07.